The van der Waals surface area contributed by atoms with Crippen LogP contribution in [0, 0.1) is 11.3 Å². The van der Waals surface area contributed by atoms with Crippen molar-refractivity contribution in [1.29, 1.82) is 5.26 Å². The minimum Gasteiger partial charge on any atom is -0.308 e. The number of benzene rings is 12. The van der Waals surface area contributed by atoms with E-state index in [0.29, 0.717) is 11.5 Å². The van der Waals surface area contributed by atoms with Gasteiger partial charge in [-0.25, -0.2) is 0 Å². The molecule has 0 radical (unpaired) electrons. The number of hydrogen-bond acceptors (Lipinski definition) is 1. The lowest BCUT2D eigenvalue weighted by Crippen LogP contribution is -1.92. The molecule has 0 aliphatic heterocycles. The van der Waals surface area contributed by atoms with E-state index in [1.807, 2.05) is 18.2 Å². The van der Waals surface area contributed by atoms with E-state index in [4.69, 9.17) is 0 Å². The maximum absolute atomic E-state index is 10.2. The highest BCUT2D eigenvalue weighted by Crippen LogP contribution is 2.47. The van der Waals surface area contributed by atoms with Gasteiger partial charge in [0, 0.05) is 43.1 Å². The number of fused-ring (bicyclic) bond motifs is 16. The van der Waals surface area contributed by atoms with Gasteiger partial charge >= 0.3 is 0 Å². The average molecular weight is 900 g/mol. The smallest absolute Gasteiger partial charge is 0.0998 e. The lowest BCUT2D eigenvalue weighted by molar-refractivity contribution is 0.869. The molecule has 0 atom stereocenters. The summed E-state index contributed by atoms with van der Waals surface area (Å²) in [5, 5.41) is 30.0. The second-order valence-corrected chi connectivity index (χ2v) is 20.2. The summed E-state index contributed by atoms with van der Waals surface area (Å²) < 4.78 is 5.01. The van der Waals surface area contributed by atoms with Crippen molar-refractivity contribution in [3.8, 4) is 39.4 Å². The quantitative estimate of drug-likeness (QED) is 0.173. The molecule has 0 unspecified atom stereocenters. The summed E-state index contributed by atoms with van der Waals surface area (Å²) in [6.07, 6.45) is 0. The van der Waals surface area contributed by atoms with Gasteiger partial charge in [0.05, 0.1) is 44.7 Å². The molecule has 0 bridgehead atoms. The normalized spacial score (nSPS) is 12.5. The summed E-state index contributed by atoms with van der Waals surface area (Å²) in [6.45, 7) is 4.59. The third-order valence-electron chi connectivity index (χ3n) is 16.0. The van der Waals surface area contributed by atoms with Crippen molar-refractivity contribution in [2.45, 2.75) is 19.8 Å². The number of aromatic nitrogens is 2. The molecule has 0 saturated heterocycles. The third kappa shape index (κ3) is 5.31. The second-order valence-electron chi connectivity index (χ2n) is 20.2. The highest BCUT2D eigenvalue weighted by Gasteiger charge is 2.23. The molecular weight excluding hydrogens is 859 g/mol. The number of nitrogens with zero attached hydrogens (tertiary/aromatic N) is 3. The largest absolute Gasteiger partial charge is 0.308 e. The number of hydrogen-bond donors (Lipinski definition) is 0. The molecule has 3 nitrogen and oxygen atoms in total. The summed E-state index contributed by atoms with van der Waals surface area (Å²) >= 11 is 0. The minimum atomic E-state index is 0.403. The van der Waals surface area contributed by atoms with Crippen LogP contribution < -0.4 is 0 Å². The van der Waals surface area contributed by atoms with Gasteiger partial charge in [0.1, 0.15) is 0 Å². The minimum absolute atomic E-state index is 0.403. The molecule has 3 heteroatoms. The summed E-state index contributed by atoms with van der Waals surface area (Å²) in [5.41, 5.74) is 16.4. The standard InChI is InChI=1S/C68H41N3/c1-38(2)52-16-9-10-18-54(52)51-31-61-56-26-40-12-4-6-14-42(40)34-64(56)71-66-36-46-22-20-44(24-49(46)28-58(66)62(32-51)68(61)71)43-19-21-45-35-65-57(27-48(45)23-43)60-30-50(53-17-8-7-15-47(53)37-69)29-59-55-25-39-11-3-5-13-41(39)33-63(55)70(65)67(59)60/h3-36,38H,1-2H3. The monoisotopic (exact) mass is 899 g/mol. The van der Waals surface area contributed by atoms with Crippen LogP contribution in [0.4, 0.5) is 0 Å². The SMILES string of the molecule is CC(C)c1ccccc1-c1cc2c3cc4ccccc4cc3n3c4cc5ccc(-c6ccc7cc8c(cc7c6)c6cc(-c7ccccc7C#N)cc7c9cc%10ccccc%10cc9n8c76)cc5cc4c(c1)c23. The zero-order valence-corrected chi connectivity index (χ0v) is 39.0. The second kappa shape index (κ2) is 13.9. The average Bonchev–Trinajstić information content (AvgIpc) is 4.13. The van der Waals surface area contributed by atoms with Crippen LogP contribution in [0.1, 0.15) is 30.9 Å². The van der Waals surface area contributed by atoms with Crippen molar-refractivity contribution in [1.82, 2.24) is 8.80 Å². The molecule has 328 valence electrons. The molecule has 16 rings (SSSR count). The molecule has 0 fully saturated rings. The van der Waals surface area contributed by atoms with Crippen LogP contribution >= 0.6 is 0 Å². The van der Waals surface area contributed by atoms with E-state index < -0.39 is 0 Å². The van der Waals surface area contributed by atoms with Crippen LogP contribution in [0.5, 0.6) is 0 Å². The fraction of sp³-hybridized carbons (Fsp3) is 0.0441. The zero-order chi connectivity index (χ0) is 46.8. The van der Waals surface area contributed by atoms with Crippen molar-refractivity contribution in [3.63, 3.8) is 0 Å². The molecule has 4 aromatic heterocycles. The Labute approximate surface area is 407 Å². The van der Waals surface area contributed by atoms with Crippen LogP contribution in [0.2, 0.25) is 0 Å². The van der Waals surface area contributed by atoms with Gasteiger partial charge in [0.2, 0.25) is 0 Å². The Morgan fingerprint density at radius 1 is 0.324 bits per heavy atom. The molecule has 0 aliphatic carbocycles. The van der Waals surface area contributed by atoms with Crippen molar-refractivity contribution < 1.29 is 0 Å². The first-order valence-corrected chi connectivity index (χ1v) is 24.7. The van der Waals surface area contributed by atoms with Gasteiger partial charge in [-0.1, -0.05) is 129 Å². The van der Waals surface area contributed by atoms with Crippen LogP contribution in [-0.4, -0.2) is 8.80 Å². The highest BCUT2D eigenvalue weighted by atomic mass is 14.9. The molecule has 4 heterocycles. The number of nitriles is 1. The van der Waals surface area contributed by atoms with Gasteiger partial charge in [-0.15, -0.1) is 0 Å². The van der Waals surface area contributed by atoms with Crippen LogP contribution in [0.3, 0.4) is 0 Å². The van der Waals surface area contributed by atoms with E-state index in [1.165, 1.54) is 147 Å². The summed E-state index contributed by atoms with van der Waals surface area (Å²) in [4.78, 5) is 0. The molecule has 0 aliphatic rings. The molecule has 12 aromatic carbocycles. The Balaban J connectivity index is 0.904. The summed E-state index contributed by atoms with van der Waals surface area (Å²) in [5.74, 6) is 0.403. The molecule has 0 spiro atoms. The molecule has 0 N–H and O–H groups in total. The van der Waals surface area contributed by atoms with Gasteiger partial charge in [-0.3, -0.25) is 0 Å². The lowest BCUT2D eigenvalue weighted by Gasteiger charge is -2.13. The maximum atomic E-state index is 10.2. The first-order valence-electron chi connectivity index (χ1n) is 24.7. The van der Waals surface area contributed by atoms with E-state index in [1.54, 1.807) is 0 Å². The van der Waals surface area contributed by atoms with Crippen molar-refractivity contribution in [2.24, 2.45) is 0 Å². The predicted octanol–water partition coefficient (Wildman–Crippen LogP) is 18.6. The molecule has 0 amide bonds. The Morgan fingerprint density at radius 2 is 0.690 bits per heavy atom. The van der Waals surface area contributed by atoms with Crippen LogP contribution in [0.15, 0.2) is 206 Å². The number of rotatable bonds is 4. The lowest BCUT2D eigenvalue weighted by atomic mass is 9.91. The Kier molecular flexibility index (Phi) is 7.60. The van der Waals surface area contributed by atoms with Gasteiger partial charge in [-0.05, 0) is 179 Å². The van der Waals surface area contributed by atoms with Gasteiger partial charge in [0.15, 0.2) is 0 Å². The van der Waals surface area contributed by atoms with Gasteiger partial charge in [0.25, 0.3) is 0 Å². The van der Waals surface area contributed by atoms with Crippen molar-refractivity contribution >= 4 is 119 Å². The fourth-order valence-corrected chi connectivity index (χ4v) is 12.7. The topological polar surface area (TPSA) is 32.6 Å². The first-order chi connectivity index (χ1) is 34.9. The van der Waals surface area contributed by atoms with E-state index in [9.17, 15) is 5.26 Å². The fourth-order valence-electron chi connectivity index (χ4n) is 12.7. The van der Waals surface area contributed by atoms with E-state index in [-0.39, 0.29) is 0 Å². The van der Waals surface area contributed by atoms with Gasteiger partial charge < -0.3 is 8.80 Å². The Morgan fingerprint density at radius 3 is 1.14 bits per heavy atom. The van der Waals surface area contributed by atoms with Crippen molar-refractivity contribution in [2.75, 3.05) is 0 Å². The molecule has 16 aromatic rings. The Bertz CT molecular complexity index is 5040. The van der Waals surface area contributed by atoms with Crippen LogP contribution in [0.25, 0.3) is 153 Å². The molecular formula is C68H41N3. The highest BCUT2D eigenvalue weighted by molar-refractivity contribution is 6.29. The van der Waals surface area contributed by atoms with Gasteiger partial charge in [-0.2, -0.15) is 5.26 Å². The molecule has 0 saturated carbocycles. The zero-order valence-electron chi connectivity index (χ0n) is 39.0. The first kappa shape index (κ1) is 38.7. The third-order valence-corrected chi connectivity index (χ3v) is 16.0. The van der Waals surface area contributed by atoms with E-state index in [0.717, 1.165) is 11.1 Å². The summed E-state index contributed by atoms with van der Waals surface area (Å²) in [6, 6.07) is 79.4. The van der Waals surface area contributed by atoms with E-state index in [2.05, 4.69) is 217 Å². The predicted molar refractivity (Wildman–Crippen MR) is 301 cm³/mol. The summed E-state index contributed by atoms with van der Waals surface area (Å²) in [7, 11) is 0. The van der Waals surface area contributed by atoms with E-state index >= 15 is 0 Å². The Hall–Kier alpha value is -9.23. The van der Waals surface area contributed by atoms with Crippen molar-refractivity contribution in [3.05, 3.63) is 217 Å². The molecule has 71 heavy (non-hydrogen) atoms. The maximum Gasteiger partial charge on any atom is 0.0998 e. The van der Waals surface area contributed by atoms with Crippen LogP contribution in [-0.2, 0) is 0 Å².